The molecule has 20 heavy (non-hydrogen) atoms. The first-order chi connectivity index (χ1) is 9.53. The third-order valence-electron chi connectivity index (χ3n) is 3.70. The van der Waals surface area contributed by atoms with E-state index in [-0.39, 0.29) is 24.2 Å². The van der Waals surface area contributed by atoms with Gasteiger partial charge in [-0.2, -0.15) is 0 Å². The third-order valence-corrected chi connectivity index (χ3v) is 3.70. The Morgan fingerprint density at radius 3 is 2.50 bits per heavy atom. The Morgan fingerprint density at radius 1 is 1.25 bits per heavy atom. The van der Waals surface area contributed by atoms with E-state index in [0.29, 0.717) is 6.54 Å². The van der Waals surface area contributed by atoms with Gasteiger partial charge in [0.1, 0.15) is 6.04 Å². The molecule has 0 bridgehead atoms. The van der Waals surface area contributed by atoms with E-state index in [0.717, 1.165) is 19.3 Å². The predicted octanol–water partition coefficient (Wildman–Crippen LogP) is -0.418. The number of carbonyl (C=O) groups excluding carboxylic acids is 3. The minimum absolute atomic E-state index is 0.131. The molecule has 1 rings (SSSR count). The van der Waals surface area contributed by atoms with Gasteiger partial charge in [0, 0.05) is 5.92 Å². The first-order valence-corrected chi connectivity index (χ1v) is 6.68. The van der Waals surface area contributed by atoms with Crippen LogP contribution in [0.1, 0.15) is 25.7 Å². The van der Waals surface area contributed by atoms with Gasteiger partial charge in [0.05, 0.1) is 20.6 Å². The summed E-state index contributed by atoms with van der Waals surface area (Å²) in [4.78, 5) is 35.0. The maximum atomic E-state index is 12.2. The van der Waals surface area contributed by atoms with Crippen molar-refractivity contribution in [2.45, 2.75) is 31.7 Å². The highest BCUT2D eigenvalue weighted by atomic mass is 16.5. The van der Waals surface area contributed by atoms with Crippen LogP contribution >= 0.6 is 0 Å². The van der Waals surface area contributed by atoms with Gasteiger partial charge in [-0.05, 0) is 25.3 Å². The van der Waals surface area contributed by atoms with Crippen LogP contribution in [0.3, 0.4) is 0 Å². The number of rotatable bonds is 6. The molecule has 0 heterocycles. The van der Waals surface area contributed by atoms with Crippen LogP contribution in [0.4, 0.5) is 0 Å². The molecule has 7 heteroatoms. The Labute approximate surface area is 118 Å². The summed E-state index contributed by atoms with van der Waals surface area (Å²) in [5, 5.41) is 2.57. The van der Waals surface area contributed by atoms with Gasteiger partial charge in [0.2, 0.25) is 5.91 Å². The summed E-state index contributed by atoms with van der Waals surface area (Å²) in [5.41, 5.74) is 5.64. The van der Waals surface area contributed by atoms with Gasteiger partial charge in [0.15, 0.2) is 0 Å². The van der Waals surface area contributed by atoms with E-state index in [4.69, 9.17) is 5.73 Å². The highest BCUT2D eigenvalue weighted by Crippen LogP contribution is 2.31. The van der Waals surface area contributed by atoms with Gasteiger partial charge in [-0.3, -0.25) is 9.59 Å². The standard InChI is InChI=1S/C13H22N2O5/c1-19-11(16)6-10(13(18)20-2)15-12(17)9-5-3-4-8(9)7-14/h8-10H,3-7,14H2,1-2H3,(H,15,17)/t8-,9-,10?/m1/s1. The first kappa shape index (κ1) is 16.4. The molecule has 3 N–H and O–H groups in total. The number of nitrogens with one attached hydrogen (secondary N) is 1. The van der Waals surface area contributed by atoms with Crippen LogP contribution in [0.5, 0.6) is 0 Å². The molecule has 1 unspecified atom stereocenters. The van der Waals surface area contributed by atoms with Gasteiger partial charge in [-0.25, -0.2) is 4.79 Å². The number of nitrogens with two attached hydrogens (primary N) is 1. The number of methoxy groups -OCH3 is 2. The minimum atomic E-state index is -1.01. The lowest BCUT2D eigenvalue weighted by atomic mass is 9.95. The molecule has 1 aliphatic rings. The number of ether oxygens (including phenoxy) is 2. The number of esters is 2. The summed E-state index contributed by atoms with van der Waals surface area (Å²) in [5.74, 6) is -1.57. The second kappa shape index (κ2) is 7.84. The molecule has 1 saturated carbocycles. The molecule has 7 nitrogen and oxygen atoms in total. The smallest absolute Gasteiger partial charge is 0.328 e. The molecule has 114 valence electrons. The Balaban J connectivity index is 2.66. The maximum Gasteiger partial charge on any atom is 0.328 e. The van der Waals surface area contributed by atoms with Crippen molar-refractivity contribution in [2.75, 3.05) is 20.8 Å². The zero-order valence-electron chi connectivity index (χ0n) is 11.9. The quantitative estimate of drug-likeness (QED) is 0.642. The van der Waals surface area contributed by atoms with Crippen LogP contribution in [-0.4, -0.2) is 44.7 Å². The van der Waals surface area contributed by atoms with Crippen molar-refractivity contribution in [3.63, 3.8) is 0 Å². The number of hydrogen-bond donors (Lipinski definition) is 2. The fourth-order valence-corrected chi connectivity index (χ4v) is 2.53. The fourth-order valence-electron chi connectivity index (χ4n) is 2.53. The van der Waals surface area contributed by atoms with E-state index < -0.39 is 18.0 Å². The van der Waals surface area contributed by atoms with Crippen molar-refractivity contribution in [1.29, 1.82) is 0 Å². The maximum absolute atomic E-state index is 12.2. The lowest BCUT2D eigenvalue weighted by molar-refractivity contribution is -0.151. The van der Waals surface area contributed by atoms with E-state index in [9.17, 15) is 14.4 Å². The predicted molar refractivity (Wildman–Crippen MR) is 70.5 cm³/mol. The Kier molecular flexibility index (Phi) is 6.44. The zero-order chi connectivity index (χ0) is 15.1. The molecule has 1 fully saturated rings. The lowest BCUT2D eigenvalue weighted by Crippen LogP contribution is -2.46. The summed E-state index contributed by atoms with van der Waals surface area (Å²) >= 11 is 0. The summed E-state index contributed by atoms with van der Waals surface area (Å²) in [6.45, 7) is 0.442. The van der Waals surface area contributed by atoms with Gasteiger partial charge in [-0.15, -0.1) is 0 Å². The second-order valence-corrected chi connectivity index (χ2v) is 4.90. The van der Waals surface area contributed by atoms with Crippen LogP contribution in [-0.2, 0) is 23.9 Å². The van der Waals surface area contributed by atoms with Crippen molar-refractivity contribution in [2.24, 2.45) is 17.6 Å². The molecule has 1 aliphatic carbocycles. The highest BCUT2D eigenvalue weighted by Gasteiger charge is 2.34. The summed E-state index contributed by atoms with van der Waals surface area (Å²) in [6.07, 6.45) is 2.36. The molecule has 0 aliphatic heterocycles. The molecule has 0 saturated heterocycles. The summed E-state index contributed by atoms with van der Waals surface area (Å²) < 4.78 is 9.10. The molecule has 3 atom stereocenters. The number of carbonyl (C=O) groups is 3. The largest absolute Gasteiger partial charge is 0.469 e. The molecule has 0 aromatic heterocycles. The molecule has 1 amide bonds. The van der Waals surface area contributed by atoms with E-state index >= 15 is 0 Å². The Bertz CT molecular complexity index is 372. The zero-order valence-corrected chi connectivity index (χ0v) is 11.9. The fraction of sp³-hybridized carbons (Fsp3) is 0.769. The molecular formula is C13H22N2O5. The summed E-state index contributed by atoms with van der Waals surface area (Å²) in [6, 6.07) is -1.01. The third kappa shape index (κ3) is 4.19. The molecule has 0 spiro atoms. The second-order valence-electron chi connectivity index (χ2n) is 4.90. The van der Waals surface area contributed by atoms with Crippen molar-refractivity contribution < 1.29 is 23.9 Å². The van der Waals surface area contributed by atoms with Crippen molar-refractivity contribution >= 4 is 17.8 Å². The highest BCUT2D eigenvalue weighted by molar-refractivity contribution is 5.89. The van der Waals surface area contributed by atoms with Crippen LogP contribution in [0.2, 0.25) is 0 Å². The van der Waals surface area contributed by atoms with Crippen LogP contribution < -0.4 is 11.1 Å². The minimum Gasteiger partial charge on any atom is -0.469 e. The first-order valence-electron chi connectivity index (χ1n) is 6.68. The van der Waals surface area contributed by atoms with Gasteiger partial charge < -0.3 is 20.5 Å². The normalized spacial score (nSPS) is 22.9. The van der Waals surface area contributed by atoms with Crippen LogP contribution in [0.15, 0.2) is 0 Å². The SMILES string of the molecule is COC(=O)CC(NC(=O)[C@@H]1CCC[C@@H]1CN)C(=O)OC. The number of hydrogen-bond acceptors (Lipinski definition) is 6. The van der Waals surface area contributed by atoms with Crippen LogP contribution in [0, 0.1) is 11.8 Å². The molecule has 0 aromatic carbocycles. The van der Waals surface area contributed by atoms with Gasteiger partial charge in [0.25, 0.3) is 0 Å². The Hall–Kier alpha value is -1.63. The van der Waals surface area contributed by atoms with E-state index in [1.165, 1.54) is 14.2 Å². The molecular weight excluding hydrogens is 264 g/mol. The van der Waals surface area contributed by atoms with E-state index in [2.05, 4.69) is 14.8 Å². The van der Waals surface area contributed by atoms with Crippen LogP contribution in [0.25, 0.3) is 0 Å². The molecule has 0 aromatic rings. The Morgan fingerprint density at radius 2 is 1.95 bits per heavy atom. The average Bonchev–Trinajstić information content (AvgIpc) is 2.93. The topological polar surface area (TPSA) is 108 Å². The van der Waals surface area contributed by atoms with Crippen molar-refractivity contribution in [3.8, 4) is 0 Å². The van der Waals surface area contributed by atoms with Crippen molar-refractivity contribution in [1.82, 2.24) is 5.32 Å². The van der Waals surface area contributed by atoms with E-state index in [1.54, 1.807) is 0 Å². The van der Waals surface area contributed by atoms with E-state index in [1.807, 2.05) is 0 Å². The van der Waals surface area contributed by atoms with Crippen molar-refractivity contribution in [3.05, 3.63) is 0 Å². The molecule has 0 radical (unpaired) electrons. The monoisotopic (exact) mass is 286 g/mol. The summed E-state index contributed by atoms with van der Waals surface area (Å²) in [7, 11) is 2.43. The van der Waals surface area contributed by atoms with Gasteiger partial charge in [-0.1, -0.05) is 6.42 Å². The van der Waals surface area contributed by atoms with Gasteiger partial charge >= 0.3 is 11.9 Å². The number of amides is 1. The lowest BCUT2D eigenvalue weighted by Gasteiger charge is -2.21. The average molecular weight is 286 g/mol.